The number of urea groups is 1. The first kappa shape index (κ1) is 17.6. The minimum Gasteiger partial charge on any atom is -0.370 e. The molecule has 0 aromatic heterocycles. The van der Waals surface area contributed by atoms with Gasteiger partial charge in [-0.1, -0.05) is 25.1 Å². The fourth-order valence-corrected chi connectivity index (χ4v) is 1.85. The van der Waals surface area contributed by atoms with E-state index < -0.39 is 6.03 Å². The monoisotopic (exact) mass is 300 g/mol. The smallest absolute Gasteiger partial charge is 0.326 e. The minimum atomic E-state index is -0.393. The summed E-state index contributed by atoms with van der Waals surface area (Å²) >= 11 is 0. The molecule has 0 aliphatic rings. The predicted molar refractivity (Wildman–Crippen MR) is 91.9 cm³/mol. The van der Waals surface area contributed by atoms with Crippen molar-refractivity contribution < 1.29 is 4.79 Å². The topological polar surface area (TPSA) is 79.5 Å². The van der Waals surface area contributed by atoms with Gasteiger partial charge >= 0.3 is 6.03 Å². The van der Waals surface area contributed by atoms with E-state index in [1.165, 1.54) is 0 Å². The highest BCUT2D eigenvalue weighted by atomic mass is 16.2. The number of hydrogen-bond donors (Lipinski definition) is 3. The van der Waals surface area contributed by atoms with Gasteiger partial charge in [-0.3, -0.25) is 10.3 Å². The van der Waals surface area contributed by atoms with Crippen molar-refractivity contribution in [1.82, 2.24) is 5.32 Å². The van der Waals surface area contributed by atoms with E-state index >= 15 is 0 Å². The average Bonchev–Trinajstić information content (AvgIpc) is 2.46. The second kappa shape index (κ2) is 9.46. The lowest BCUT2D eigenvalue weighted by Crippen LogP contribution is -2.40. The molecule has 5 nitrogen and oxygen atoms in total. The van der Waals surface area contributed by atoms with E-state index in [2.05, 4.69) is 34.4 Å². The summed E-state index contributed by atoms with van der Waals surface area (Å²) in [5, 5.41) is 5.30. The van der Waals surface area contributed by atoms with Gasteiger partial charge in [-0.25, -0.2) is 4.79 Å². The van der Waals surface area contributed by atoms with E-state index in [1.807, 2.05) is 32.0 Å². The molecule has 1 aromatic rings. The quantitative estimate of drug-likeness (QED) is 0.346. The number of nitrogens with one attached hydrogen (secondary N) is 2. The molecule has 0 spiro atoms. The number of nitrogens with zero attached hydrogens (tertiary/aromatic N) is 1. The maximum Gasteiger partial charge on any atom is 0.326 e. The highest BCUT2D eigenvalue weighted by Crippen LogP contribution is 2.18. The van der Waals surface area contributed by atoms with Crippen molar-refractivity contribution >= 4 is 17.7 Å². The van der Waals surface area contributed by atoms with E-state index in [-0.39, 0.29) is 5.96 Å². The van der Waals surface area contributed by atoms with Crippen LogP contribution in [0, 0.1) is 25.7 Å². The number of aryl methyl sites for hydroxylation is 2. The van der Waals surface area contributed by atoms with Crippen molar-refractivity contribution in [2.75, 3.05) is 11.9 Å². The number of anilines is 1. The predicted octanol–water partition coefficient (Wildman–Crippen LogP) is 2.93. The highest BCUT2D eigenvalue weighted by Gasteiger charge is 2.07. The molecule has 0 atom stereocenters. The number of guanidine groups is 1. The number of para-hydroxylation sites is 1. The van der Waals surface area contributed by atoms with Crippen molar-refractivity contribution in [1.29, 1.82) is 0 Å². The standard InChI is InChI=1S/C17H24N4O/c1-4-5-6-7-8-12-19-16(18)21-17(22)20-15-13(2)10-9-11-14(15)3/h9-11H,4-5,8,12H2,1-3H3,(H4,18,19,20,21,22). The number of benzene rings is 1. The summed E-state index contributed by atoms with van der Waals surface area (Å²) in [7, 11) is 0. The van der Waals surface area contributed by atoms with Crippen LogP contribution in [0.5, 0.6) is 0 Å². The fraction of sp³-hybridized carbons (Fsp3) is 0.412. The third kappa shape index (κ3) is 6.31. The Balaban J connectivity index is 2.46. The van der Waals surface area contributed by atoms with E-state index in [0.717, 1.165) is 29.7 Å². The molecule has 4 N–H and O–H groups in total. The van der Waals surface area contributed by atoms with E-state index in [0.29, 0.717) is 13.0 Å². The first-order chi connectivity index (χ1) is 10.5. The van der Waals surface area contributed by atoms with E-state index in [1.54, 1.807) is 0 Å². The Morgan fingerprint density at radius 3 is 2.50 bits per heavy atom. The second-order valence-corrected chi connectivity index (χ2v) is 4.97. The molecule has 22 heavy (non-hydrogen) atoms. The molecule has 1 rings (SSSR count). The Hall–Kier alpha value is -2.48. The van der Waals surface area contributed by atoms with Gasteiger partial charge in [0.25, 0.3) is 0 Å². The molecule has 0 saturated carbocycles. The fourth-order valence-electron chi connectivity index (χ4n) is 1.85. The lowest BCUT2D eigenvalue weighted by molar-refractivity contribution is 0.256. The van der Waals surface area contributed by atoms with E-state index in [9.17, 15) is 4.79 Å². The lowest BCUT2D eigenvalue weighted by atomic mass is 10.1. The number of rotatable bonds is 4. The minimum absolute atomic E-state index is 0.0982. The number of hydrogen-bond acceptors (Lipinski definition) is 2. The summed E-state index contributed by atoms with van der Waals surface area (Å²) in [5.41, 5.74) is 8.46. The van der Waals surface area contributed by atoms with Gasteiger partial charge in [0, 0.05) is 18.5 Å². The van der Waals surface area contributed by atoms with Crippen molar-refractivity contribution in [3.05, 3.63) is 29.3 Å². The molecule has 2 amide bonds. The van der Waals surface area contributed by atoms with Crippen LogP contribution < -0.4 is 16.4 Å². The molecule has 0 aliphatic carbocycles. The van der Waals surface area contributed by atoms with Crippen molar-refractivity contribution in [3.8, 4) is 11.8 Å². The van der Waals surface area contributed by atoms with Crippen LogP contribution in [0.1, 0.15) is 37.3 Å². The summed E-state index contributed by atoms with van der Waals surface area (Å²) in [6.45, 7) is 6.44. The molecule has 0 radical (unpaired) electrons. The first-order valence-corrected chi connectivity index (χ1v) is 7.44. The SMILES string of the molecule is CCCC#CCCN=C(N)NC(=O)Nc1c(C)cccc1C. The maximum atomic E-state index is 11.9. The van der Waals surface area contributed by atoms with E-state index in [4.69, 9.17) is 5.73 Å². The largest absolute Gasteiger partial charge is 0.370 e. The Labute approximate surface area is 132 Å². The van der Waals surface area contributed by atoms with Gasteiger partial charge in [0.15, 0.2) is 5.96 Å². The zero-order valence-corrected chi connectivity index (χ0v) is 13.5. The zero-order valence-electron chi connectivity index (χ0n) is 13.5. The summed E-state index contributed by atoms with van der Waals surface area (Å²) in [6.07, 6.45) is 2.59. The second-order valence-electron chi connectivity index (χ2n) is 4.97. The van der Waals surface area contributed by atoms with Crippen molar-refractivity contribution in [2.45, 2.75) is 40.0 Å². The normalized spacial score (nSPS) is 10.6. The summed E-state index contributed by atoms with van der Waals surface area (Å²) in [4.78, 5) is 16.0. The highest BCUT2D eigenvalue weighted by molar-refractivity contribution is 6.02. The Bertz CT molecular complexity index is 576. The van der Waals surface area contributed by atoms with Crippen LogP contribution in [0.25, 0.3) is 0 Å². The lowest BCUT2D eigenvalue weighted by Gasteiger charge is -2.11. The van der Waals surface area contributed by atoms with Crippen LogP contribution in [-0.4, -0.2) is 18.5 Å². The molecule has 0 bridgehead atoms. The van der Waals surface area contributed by atoms with Crippen LogP contribution in [0.2, 0.25) is 0 Å². The van der Waals surface area contributed by atoms with Gasteiger partial charge in [0.1, 0.15) is 0 Å². The van der Waals surface area contributed by atoms with Gasteiger partial charge in [-0.15, -0.1) is 11.8 Å². The Morgan fingerprint density at radius 1 is 1.23 bits per heavy atom. The average molecular weight is 300 g/mol. The molecule has 0 unspecified atom stereocenters. The number of unbranched alkanes of at least 4 members (excludes halogenated alkanes) is 1. The molecular formula is C17H24N4O. The number of aliphatic imine (C=N–C) groups is 1. The number of carbonyl (C=O) groups excluding carboxylic acids is 1. The Morgan fingerprint density at radius 2 is 1.86 bits per heavy atom. The first-order valence-electron chi connectivity index (χ1n) is 7.44. The summed E-state index contributed by atoms with van der Waals surface area (Å²) in [6, 6.07) is 5.43. The van der Waals surface area contributed by atoms with Gasteiger partial charge in [0.05, 0.1) is 6.54 Å². The van der Waals surface area contributed by atoms with Crippen LogP contribution in [0.4, 0.5) is 10.5 Å². The van der Waals surface area contributed by atoms with Gasteiger partial charge in [0.2, 0.25) is 0 Å². The molecule has 0 fully saturated rings. The third-order valence-corrected chi connectivity index (χ3v) is 2.98. The number of carbonyl (C=O) groups is 1. The molecule has 0 heterocycles. The van der Waals surface area contributed by atoms with Gasteiger partial charge < -0.3 is 11.1 Å². The Kier molecular flexibility index (Phi) is 7.55. The van der Waals surface area contributed by atoms with Crippen molar-refractivity contribution in [2.24, 2.45) is 10.7 Å². The van der Waals surface area contributed by atoms with Crippen LogP contribution in [0.3, 0.4) is 0 Å². The zero-order chi connectivity index (χ0) is 16.4. The molecule has 0 aliphatic heterocycles. The van der Waals surface area contributed by atoms with Crippen LogP contribution in [-0.2, 0) is 0 Å². The molecule has 1 aromatic carbocycles. The van der Waals surface area contributed by atoms with Crippen molar-refractivity contribution in [3.63, 3.8) is 0 Å². The van der Waals surface area contributed by atoms with Crippen LogP contribution in [0.15, 0.2) is 23.2 Å². The number of nitrogens with two attached hydrogens (primary N) is 1. The van der Waals surface area contributed by atoms with Crippen LogP contribution >= 0.6 is 0 Å². The number of amides is 2. The van der Waals surface area contributed by atoms with Gasteiger partial charge in [-0.2, -0.15) is 0 Å². The molecule has 118 valence electrons. The molecule has 0 saturated heterocycles. The van der Waals surface area contributed by atoms with Gasteiger partial charge in [-0.05, 0) is 31.4 Å². The molecule has 5 heteroatoms. The summed E-state index contributed by atoms with van der Waals surface area (Å²) < 4.78 is 0. The molecular weight excluding hydrogens is 276 g/mol. The third-order valence-electron chi connectivity index (χ3n) is 2.98. The summed E-state index contributed by atoms with van der Waals surface area (Å²) in [5.74, 6) is 6.14. The maximum absolute atomic E-state index is 11.9.